The summed E-state index contributed by atoms with van der Waals surface area (Å²) in [5, 5.41) is 101. The molecule has 2 unspecified atom stereocenters. The van der Waals surface area contributed by atoms with Gasteiger partial charge in [-0.1, -0.05) is 110 Å². The molecule has 14 rings (SSSR count). The third kappa shape index (κ3) is 18.9. The van der Waals surface area contributed by atoms with Crippen LogP contribution in [0.5, 0.6) is 34.5 Å². The van der Waals surface area contributed by atoms with Crippen molar-refractivity contribution >= 4 is 85.2 Å². The second-order valence-corrected chi connectivity index (χ2v) is 38.1. The summed E-state index contributed by atoms with van der Waals surface area (Å²) in [4.78, 5) is 125. The highest BCUT2D eigenvalue weighted by molar-refractivity contribution is 6.21. The van der Waals surface area contributed by atoms with Gasteiger partial charge in [0.15, 0.2) is 11.5 Å². The van der Waals surface area contributed by atoms with Crippen LogP contribution in [0.25, 0.3) is 32.4 Å². The minimum atomic E-state index is -2.03. The van der Waals surface area contributed by atoms with E-state index in [1.807, 2.05) is 30.5 Å². The van der Waals surface area contributed by atoms with Crippen LogP contribution in [0.3, 0.4) is 0 Å². The van der Waals surface area contributed by atoms with E-state index in [2.05, 4.69) is 26.6 Å². The molecule has 2 fully saturated rings. The number of benzene rings is 5. The van der Waals surface area contributed by atoms with E-state index in [4.69, 9.17) is 62.6 Å². The summed E-state index contributed by atoms with van der Waals surface area (Å²) in [6.45, 7) is 33.3. The first-order chi connectivity index (χ1) is 62.1. The number of ether oxygens (including phenoxy) is 9. The molecule has 10 N–H and O–H groups in total. The fourth-order valence-corrected chi connectivity index (χ4v) is 19.3. The van der Waals surface area contributed by atoms with E-state index in [-0.39, 0.29) is 119 Å². The monoisotopic (exact) mass is 1820 g/mol. The molecule has 708 valence electrons. The zero-order valence-corrected chi connectivity index (χ0v) is 78.6. The van der Waals surface area contributed by atoms with Gasteiger partial charge in [0.05, 0.1) is 112 Å². The standard InChI is InChI=1S/C52H61N5O11.C47H62N4O13/c1-26-13-12-14-27(2)50(64)55-42-41-40(56-52(24-54-41)18-19-57(25-52)23-33-21-34-15-10-11-16-35(34)53-22-33)37-38(46(42)62)45(61)31(6)48-39(37)49(63)51(8,68-48)66-20-17-36(65-9)28(3)47(67-32(7)58)30(5)44(60)29(4)43(26)59;1-22-14-13-15-23(2)43(58)49-35-34-33(50-47(20-48-34)17-18-51(21-47)44(59)64-45(8,9)10)30-31(39(35)56)38(55)27(6)41-32(30)42(57)46(11,63-41)61-19-16-29(60-12)24(3)40(62-28(7)52)26(5)37(54)25(4)36(22)53/h10-17,20-22,26,28-30,36,43-44,47,59-62H,18-19,23-25H2,1-9H3,(H,55,64);13-16,19,22,24-26,29,36-37,40,53-56H,17-18,20-21H2,1-12H3,(H,49,58)/b13-12+,20-17+,27-14-;14-13+,19-16+,23-15-/t26-,28+,29+,30+,36-,43-,44+,47+,51-,52?;22-,24+,25+,26+,29-,36-,37+,40+,46-,47?/m00/s1. The van der Waals surface area contributed by atoms with Gasteiger partial charge < -0.3 is 99.0 Å². The van der Waals surface area contributed by atoms with Crippen LogP contribution in [0.15, 0.2) is 129 Å². The van der Waals surface area contributed by atoms with Crippen LogP contribution in [-0.2, 0) is 58.9 Å². The zero-order chi connectivity index (χ0) is 96.4. The molecule has 0 radical (unpaired) electrons. The number of nitrogens with one attached hydrogen (secondary N) is 2. The van der Waals surface area contributed by atoms with Crippen LogP contribution in [-0.4, -0.2) is 228 Å². The second kappa shape index (κ2) is 38.1. The Kier molecular flexibility index (Phi) is 28.2. The summed E-state index contributed by atoms with van der Waals surface area (Å²) >= 11 is 0. The molecule has 3 amide bonds. The number of rotatable bonds is 6. The number of phenolic OH excluding ortho intramolecular Hbond substituents is 4. The van der Waals surface area contributed by atoms with Crippen molar-refractivity contribution in [2.75, 3.05) is 64.1 Å². The fourth-order valence-electron chi connectivity index (χ4n) is 19.3. The van der Waals surface area contributed by atoms with E-state index in [1.165, 1.54) is 78.4 Å². The Morgan fingerprint density at radius 1 is 0.553 bits per heavy atom. The zero-order valence-electron chi connectivity index (χ0n) is 78.6. The van der Waals surface area contributed by atoms with Gasteiger partial charge in [-0.25, -0.2) is 4.79 Å². The molecule has 132 heavy (non-hydrogen) atoms. The Hall–Kier alpha value is -11.7. The highest BCUT2D eigenvalue weighted by Crippen LogP contribution is 2.53. The Labute approximate surface area is 765 Å². The van der Waals surface area contributed by atoms with Gasteiger partial charge in [0.2, 0.25) is 0 Å². The van der Waals surface area contributed by atoms with Gasteiger partial charge in [-0.2, -0.15) is 0 Å². The molecule has 1 aromatic heterocycles. The molecule has 8 aliphatic heterocycles. The quantitative estimate of drug-likeness (QED) is 0.0421. The number of fused-ring (bicyclic) bond motifs is 3. The number of hydrogen-bond acceptors (Lipinski definition) is 30. The summed E-state index contributed by atoms with van der Waals surface area (Å²) in [5.74, 6) is -14.6. The SMILES string of the molecule is CO[C@H]1/C=C/O[C@@]2(C)Oc3c(C)c(O)c4c(O)c(c5c(c4c3C2=O)=NC2(CCN(C(=O)OC(C)(C)C)C2)CN=5)NC(=O)/C(C)=C\C=C\[C@H](C)[C@H](O)[C@@H](C)[C@@H](O)[C@@H](C)[C@H](OC(C)=O)[C@@H]1C.CO[C@H]1/C=C/O[C@@]2(C)Oc3c(C)c(O)c4c(O)c(c5c(c4c3C2=O)=NC2(CCN(Cc3cnc4ccccc4c3)C2)CN=5)NC(=O)/C(C)=C\C=C\[C@H](C)[C@H](O)[C@@H](C)[C@@H](O)[C@@H](C)[C@H](OC(C)=O)[C@@H]1C. The predicted molar refractivity (Wildman–Crippen MR) is 488 cm³/mol. The number of aliphatic hydroxyl groups excluding tert-OH is 4. The number of phenols is 4. The number of carbonyl (C=O) groups excluding carboxylic acids is 7. The maximum Gasteiger partial charge on any atom is 0.410 e. The summed E-state index contributed by atoms with van der Waals surface area (Å²) in [5.41, 5.74) is -0.209. The van der Waals surface area contributed by atoms with Crippen molar-refractivity contribution in [3.63, 3.8) is 0 Å². The number of aliphatic hydroxyl groups is 4. The molecule has 33 nitrogen and oxygen atoms in total. The van der Waals surface area contributed by atoms with Gasteiger partial charge in [0.25, 0.3) is 23.4 Å². The van der Waals surface area contributed by atoms with Crippen molar-refractivity contribution in [3.8, 4) is 34.5 Å². The molecular weight excluding hydrogens is 1700 g/mol. The van der Waals surface area contributed by atoms with Gasteiger partial charge in [-0.3, -0.25) is 58.6 Å². The average Bonchev–Trinajstić information content (AvgIpc) is 1.49. The van der Waals surface area contributed by atoms with Gasteiger partial charge in [0.1, 0.15) is 68.4 Å². The largest absolute Gasteiger partial charge is 0.507 e. The van der Waals surface area contributed by atoms with Crippen molar-refractivity contribution in [1.82, 2.24) is 14.8 Å². The molecule has 2 saturated heterocycles. The molecule has 5 aromatic carbocycles. The number of para-hydroxylation sites is 1. The van der Waals surface area contributed by atoms with Crippen molar-refractivity contribution in [1.29, 1.82) is 0 Å². The van der Waals surface area contributed by atoms with E-state index in [0.717, 1.165) is 16.5 Å². The molecule has 0 aliphatic carbocycles. The third-order valence-electron chi connectivity index (χ3n) is 27.1. The number of hydrogen-bond donors (Lipinski definition) is 10. The number of methoxy groups -OCH3 is 2. The summed E-state index contributed by atoms with van der Waals surface area (Å²) in [6, 6.07) is 10.1. The van der Waals surface area contributed by atoms with Crippen LogP contribution < -0.4 is 41.5 Å². The molecule has 9 heterocycles. The normalized spacial score (nSPS) is 32.4. The first kappa shape index (κ1) is 97.8. The maximum absolute atomic E-state index is 14.9. The minimum Gasteiger partial charge on any atom is -0.507 e. The first-order valence-corrected chi connectivity index (χ1v) is 44.8. The Balaban J connectivity index is 0.000000225. The number of allylic oxidation sites excluding steroid dienone is 4. The molecule has 6 aromatic rings. The molecular formula is C99H123N9O24. The van der Waals surface area contributed by atoms with Gasteiger partial charge in [-0.15, -0.1) is 0 Å². The van der Waals surface area contributed by atoms with Crippen molar-refractivity contribution in [3.05, 3.63) is 158 Å². The van der Waals surface area contributed by atoms with Crippen LogP contribution in [0.1, 0.15) is 168 Å². The number of ketones is 2. The highest BCUT2D eigenvalue weighted by atomic mass is 16.7. The third-order valence-corrected chi connectivity index (χ3v) is 27.1. The minimum absolute atomic E-state index is 0.00929. The van der Waals surface area contributed by atoms with Crippen LogP contribution in [0.2, 0.25) is 0 Å². The Bertz CT molecular complexity index is 6100. The van der Waals surface area contributed by atoms with Gasteiger partial charge >= 0.3 is 29.6 Å². The Morgan fingerprint density at radius 2 is 0.985 bits per heavy atom. The second-order valence-electron chi connectivity index (χ2n) is 38.1. The number of anilines is 2. The van der Waals surface area contributed by atoms with Gasteiger partial charge in [-0.05, 0) is 91.2 Å². The highest BCUT2D eigenvalue weighted by Gasteiger charge is 2.54. The van der Waals surface area contributed by atoms with E-state index in [1.54, 1.807) is 133 Å². The maximum atomic E-state index is 14.9. The lowest BCUT2D eigenvalue weighted by Crippen LogP contribution is -2.47. The fraction of sp³-hybridized carbons (Fsp3) is 0.515. The lowest BCUT2D eigenvalue weighted by molar-refractivity contribution is -0.161. The molecule has 8 aliphatic rings. The molecule has 0 saturated carbocycles. The first-order valence-electron chi connectivity index (χ1n) is 44.8. The van der Waals surface area contributed by atoms with Crippen LogP contribution in [0.4, 0.5) is 16.2 Å². The van der Waals surface area contributed by atoms with E-state index in [9.17, 15) is 74.4 Å². The number of nitrogens with zero attached hydrogens (tertiary/aromatic N) is 7. The van der Waals surface area contributed by atoms with Crippen molar-refractivity contribution < 1.29 is 117 Å². The van der Waals surface area contributed by atoms with E-state index in [0.29, 0.717) is 39.0 Å². The average molecular weight is 1820 g/mol. The number of Topliss-reactive ketones (excluding diaryl/α,β-unsaturated/α-hetero) is 2. The number of likely N-dealkylation sites (tertiary alicyclic amines) is 2. The number of aromatic hydroxyl groups is 4. The molecule has 8 bridgehead atoms. The molecule has 20 atom stereocenters. The van der Waals surface area contributed by atoms with Gasteiger partial charge in [0, 0.05) is 160 Å². The lowest BCUT2D eigenvalue weighted by atomic mass is 9.78. The van der Waals surface area contributed by atoms with E-state index >= 15 is 0 Å². The molecule has 2 spiro atoms. The Morgan fingerprint density at radius 3 is 1.42 bits per heavy atom. The van der Waals surface area contributed by atoms with Crippen LogP contribution in [0, 0.1) is 61.2 Å². The van der Waals surface area contributed by atoms with Crippen molar-refractivity contribution in [2.24, 2.45) is 67.3 Å². The number of pyridine rings is 1. The number of esters is 2. The van der Waals surface area contributed by atoms with Crippen molar-refractivity contribution in [2.45, 2.75) is 228 Å². The number of amides is 3. The van der Waals surface area contributed by atoms with Crippen LogP contribution >= 0.6 is 0 Å². The van der Waals surface area contributed by atoms with E-state index < -0.39 is 189 Å². The number of aromatic nitrogens is 1. The molecule has 33 heteroatoms. The predicted octanol–water partition coefficient (Wildman–Crippen LogP) is 10.2. The smallest absolute Gasteiger partial charge is 0.410 e. The number of carbonyl (C=O) groups is 7. The summed E-state index contributed by atoms with van der Waals surface area (Å²) < 4.78 is 53.8. The summed E-state index contributed by atoms with van der Waals surface area (Å²) in [6.07, 6.45) is 9.84. The summed E-state index contributed by atoms with van der Waals surface area (Å²) in [7, 11) is 2.91. The lowest BCUT2D eigenvalue weighted by Gasteiger charge is -2.38. The topological polar surface area (TPSA) is 457 Å².